The Kier molecular flexibility index (Phi) is 23.5. The fraction of sp³-hybridized carbons (Fsp3) is 0.417. The number of aromatic amines is 1. The number of aliphatic hydroxyl groups is 2. The largest absolute Gasteiger partial charge is 0.509 e. The number of ketones is 2. The maximum atomic E-state index is 15.9. The van der Waals surface area contributed by atoms with E-state index in [1.54, 1.807) is 78.9 Å². The molecule has 4 aliphatic rings. The summed E-state index contributed by atoms with van der Waals surface area (Å²) in [4.78, 5) is 166. The van der Waals surface area contributed by atoms with Crippen molar-refractivity contribution in [1.82, 2.24) is 30.6 Å². The van der Waals surface area contributed by atoms with Crippen molar-refractivity contribution in [2.24, 2.45) is 16.7 Å². The van der Waals surface area contributed by atoms with Crippen LogP contribution >= 0.6 is 21.6 Å². The average Bonchev–Trinajstić information content (AvgIpc) is 0.669. The third-order valence-corrected chi connectivity index (χ3v) is 21.7. The van der Waals surface area contributed by atoms with Crippen molar-refractivity contribution < 1.29 is 96.4 Å². The highest BCUT2D eigenvalue weighted by Crippen LogP contribution is 2.64. The van der Waals surface area contributed by atoms with Crippen molar-refractivity contribution in [3.05, 3.63) is 171 Å². The van der Waals surface area contributed by atoms with Gasteiger partial charge in [0.25, 0.3) is 17.4 Å². The van der Waals surface area contributed by atoms with E-state index in [-0.39, 0.29) is 101 Å². The molecule has 29 nitrogen and oxygen atoms in total. The fourth-order valence-corrected chi connectivity index (χ4v) is 15.9. The van der Waals surface area contributed by atoms with Crippen LogP contribution in [0.5, 0.6) is 0 Å². The predicted octanol–water partition coefficient (Wildman–Crippen LogP) is 6.51. The molecule has 1 aliphatic heterocycles. The molecule has 9 N–H and O–H groups in total. The number of hydrogen-bond donors (Lipinski definition) is 8. The van der Waals surface area contributed by atoms with Crippen LogP contribution in [0, 0.1) is 16.7 Å². The standard InChI is InChI=1S/C72H78N8O21S2/c1-38-49(34-72(94)59(100-65(91)44-21-14-9-15-22-44)57-70(6,50(84)33-51-71(57,37-96-51)101-40(3)82)58(85)55(97-39(2)81)52(38)69(72,4)5)98-66(92)56(53(41-17-10-7-11-18-41)78-62(87)42-19-12-8-13-20-42)99-68(93)95-30-32-103-102-31-16-23-47(83)28-29-48(64(89)90)77-61(86)43-24-26-45(27-25-43)74-35-46-36-75-60-54(76-46)63(88)80-67(73)79-60/h7-15,17-22,24-27,36,48-51,53,55-57,59,74,84,94H,16,23,28-35,37H2,1-6H3,(H,77,86)(H,78,87)(H,89,90)(H3,73,75,79,80,88)/t48-,49-,50-,51+,53-,55+,56?,57-,59-,70+,71-,72+/m0/s1. The van der Waals surface area contributed by atoms with Crippen LogP contribution in [-0.2, 0) is 68.5 Å². The number of benzene rings is 4. The van der Waals surface area contributed by atoms with Crippen LogP contribution in [0.2, 0.25) is 0 Å². The number of nitrogen functional groups attached to an aromatic ring is 1. The number of amides is 2. The number of carbonyl (C=O) groups is 10. The Hall–Kier alpha value is -10.1. The number of carboxylic acid groups (broad SMARTS) is 1. The summed E-state index contributed by atoms with van der Waals surface area (Å²) in [5, 5.41) is 44.7. The zero-order chi connectivity index (χ0) is 74.1. The van der Waals surface area contributed by atoms with Crippen LogP contribution in [0.4, 0.5) is 16.4 Å². The van der Waals surface area contributed by atoms with Crippen LogP contribution in [0.3, 0.4) is 0 Å². The molecular formula is C72H78N8O21S2. The second kappa shape index (κ2) is 32.1. The molecule has 544 valence electrons. The molecule has 2 saturated carbocycles. The van der Waals surface area contributed by atoms with E-state index in [4.69, 9.17) is 38.9 Å². The van der Waals surface area contributed by atoms with Gasteiger partial charge in [0, 0.05) is 73.3 Å². The molecule has 6 aromatic rings. The summed E-state index contributed by atoms with van der Waals surface area (Å²) >= 11 is 0. The minimum atomic E-state index is -2.54. The van der Waals surface area contributed by atoms with Gasteiger partial charge in [0.15, 0.2) is 28.7 Å². The first kappa shape index (κ1) is 75.6. The second-order valence-electron chi connectivity index (χ2n) is 26.2. The SMILES string of the molecule is CC(=O)O[C@H]1C(=O)[C@@]2(C)[C@H]([C@H](OC(=O)c3ccccc3)[C@]3(O)C[C@H](OC(=O)C(OC(=O)OCCSSCCCC(=O)CC[C@H](NC(=O)c4ccc(NCc5cnc6nc(N)[nH]c(=O)c6n5)cc4)C(=O)O)[C@@H](NC(=O)c4ccccc4)c4ccccc4)C(C)=C1C3(C)C)[C@]1(OC(C)=O)CO[C@@H]1C[C@@H]2O. The lowest BCUT2D eigenvalue weighted by molar-refractivity contribution is -0.346. The first-order valence-electron chi connectivity index (χ1n) is 33.1. The number of nitrogens with one attached hydrogen (secondary N) is 4. The Morgan fingerprint density at radius 2 is 1.43 bits per heavy atom. The van der Waals surface area contributed by atoms with Crippen molar-refractivity contribution >= 4 is 104 Å². The molecule has 3 aliphatic carbocycles. The van der Waals surface area contributed by atoms with E-state index in [1.807, 2.05) is 0 Å². The monoisotopic (exact) mass is 1450 g/mol. The molecule has 12 atom stereocenters. The number of fused-ring (bicyclic) bond motifs is 6. The smallest absolute Gasteiger partial charge is 0.480 e. The van der Waals surface area contributed by atoms with Crippen molar-refractivity contribution in [2.75, 3.05) is 35.8 Å². The summed E-state index contributed by atoms with van der Waals surface area (Å²) in [6.45, 7) is 7.53. The number of aliphatic hydroxyl groups excluding tert-OH is 1. The first-order chi connectivity index (χ1) is 49.1. The number of carbonyl (C=O) groups excluding carboxylic acids is 9. The molecule has 1 unspecified atom stereocenters. The van der Waals surface area contributed by atoms with E-state index in [2.05, 4.69) is 35.9 Å². The molecule has 2 bridgehead atoms. The van der Waals surface area contributed by atoms with Gasteiger partial charge in [0.05, 0.1) is 48.0 Å². The lowest BCUT2D eigenvalue weighted by atomic mass is 9.44. The molecule has 10 rings (SSSR count). The molecule has 2 amide bonds. The van der Waals surface area contributed by atoms with Crippen molar-refractivity contribution in [1.29, 1.82) is 0 Å². The molecule has 103 heavy (non-hydrogen) atoms. The number of H-pyrrole nitrogens is 1. The predicted molar refractivity (Wildman–Crippen MR) is 371 cm³/mol. The van der Waals surface area contributed by atoms with Gasteiger partial charge in [-0.25, -0.2) is 29.1 Å². The number of hydrogen-bond acceptors (Lipinski definition) is 27. The van der Waals surface area contributed by atoms with Crippen LogP contribution in [0.1, 0.15) is 128 Å². The van der Waals surface area contributed by atoms with Gasteiger partial charge in [-0.15, -0.1) is 0 Å². The highest BCUT2D eigenvalue weighted by atomic mass is 33.1. The van der Waals surface area contributed by atoms with Gasteiger partial charge < -0.3 is 70.2 Å². The maximum Gasteiger partial charge on any atom is 0.509 e. The summed E-state index contributed by atoms with van der Waals surface area (Å²) in [7, 11) is 2.62. The molecule has 2 aromatic heterocycles. The summed E-state index contributed by atoms with van der Waals surface area (Å²) in [6, 6.07) is 26.9. The topological polar surface area (TPSA) is 430 Å². The van der Waals surface area contributed by atoms with E-state index >= 15 is 9.59 Å². The van der Waals surface area contributed by atoms with Gasteiger partial charge in [0.1, 0.15) is 48.4 Å². The number of nitrogens with two attached hydrogens (primary N) is 1. The molecule has 0 radical (unpaired) electrons. The van der Waals surface area contributed by atoms with E-state index in [0.29, 0.717) is 23.6 Å². The number of Topliss-reactive ketones (excluding diaryl/α,β-unsaturated/α-hetero) is 2. The summed E-state index contributed by atoms with van der Waals surface area (Å²) in [6.07, 6.45) is -11.2. The number of rotatable bonds is 28. The molecule has 3 heterocycles. The Bertz CT molecular complexity index is 4300. The van der Waals surface area contributed by atoms with Gasteiger partial charge in [0.2, 0.25) is 12.1 Å². The Morgan fingerprint density at radius 3 is 2.07 bits per heavy atom. The summed E-state index contributed by atoms with van der Waals surface area (Å²) in [5.74, 6) is -9.17. The summed E-state index contributed by atoms with van der Waals surface area (Å²) in [5.41, 5.74) is -1.72. The first-order valence-corrected chi connectivity index (χ1v) is 35.5. The Labute approximate surface area is 597 Å². The molecule has 3 fully saturated rings. The van der Waals surface area contributed by atoms with Gasteiger partial charge >= 0.3 is 36.0 Å². The van der Waals surface area contributed by atoms with E-state index in [1.165, 1.54) is 91.9 Å². The number of aromatic nitrogens is 4. The van der Waals surface area contributed by atoms with Gasteiger partial charge in [-0.05, 0) is 91.9 Å². The third kappa shape index (κ3) is 16.4. The number of carboxylic acids is 1. The van der Waals surface area contributed by atoms with Gasteiger partial charge in [-0.3, -0.25) is 38.5 Å². The highest BCUT2D eigenvalue weighted by molar-refractivity contribution is 8.76. The van der Waals surface area contributed by atoms with Crippen LogP contribution in [-0.4, -0.2) is 173 Å². The van der Waals surface area contributed by atoms with Crippen LogP contribution in [0.25, 0.3) is 11.2 Å². The Morgan fingerprint density at radius 1 is 0.786 bits per heavy atom. The van der Waals surface area contributed by atoms with Gasteiger partial charge in [-0.1, -0.05) is 102 Å². The van der Waals surface area contributed by atoms with Gasteiger partial charge in [-0.2, -0.15) is 4.98 Å². The van der Waals surface area contributed by atoms with Crippen molar-refractivity contribution in [2.45, 2.75) is 147 Å². The number of ether oxygens (including phenoxy) is 7. The number of nitrogens with zero attached hydrogens (tertiary/aromatic N) is 3. The number of anilines is 2. The van der Waals surface area contributed by atoms with E-state index in [0.717, 1.165) is 13.8 Å². The second-order valence-corrected chi connectivity index (χ2v) is 28.9. The quantitative estimate of drug-likeness (QED) is 0.00852. The van der Waals surface area contributed by atoms with E-state index in [9.17, 15) is 58.5 Å². The lowest BCUT2D eigenvalue weighted by Gasteiger charge is -2.67. The van der Waals surface area contributed by atoms with Crippen LogP contribution in [0.15, 0.2) is 137 Å². The van der Waals surface area contributed by atoms with Crippen molar-refractivity contribution in [3.8, 4) is 0 Å². The third-order valence-electron chi connectivity index (χ3n) is 19.3. The number of esters is 4. The summed E-state index contributed by atoms with van der Waals surface area (Å²) < 4.78 is 42.4. The normalized spacial score (nSPS) is 23.9. The zero-order valence-electron chi connectivity index (χ0n) is 56.9. The van der Waals surface area contributed by atoms with Crippen molar-refractivity contribution in [3.63, 3.8) is 0 Å². The number of aliphatic carboxylic acids is 1. The zero-order valence-corrected chi connectivity index (χ0v) is 58.6. The molecule has 0 spiro atoms. The lowest BCUT2D eigenvalue weighted by Crippen LogP contribution is -2.82. The molecular weight excluding hydrogens is 1380 g/mol. The molecule has 31 heteroatoms. The average molecular weight is 1460 g/mol. The Balaban J connectivity index is 0.809. The minimum Gasteiger partial charge on any atom is -0.480 e. The molecule has 4 aromatic carbocycles. The fourth-order valence-electron chi connectivity index (χ4n) is 13.9. The van der Waals surface area contributed by atoms with Crippen LogP contribution < -0.4 is 27.2 Å². The molecule has 1 saturated heterocycles. The maximum absolute atomic E-state index is 15.9. The minimum absolute atomic E-state index is 0.00432. The van der Waals surface area contributed by atoms with E-state index < -0.39 is 149 Å². The highest BCUT2D eigenvalue weighted by Gasteiger charge is 2.78.